The van der Waals surface area contributed by atoms with Gasteiger partial charge in [0.15, 0.2) is 5.82 Å². The Hall–Kier alpha value is -8.28. The third kappa shape index (κ3) is 9.27. The van der Waals surface area contributed by atoms with Crippen molar-refractivity contribution in [1.82, 2.24) is 41.5 Å². The number of amidine groups is 4. The Balaban J connectivity index is 1.26. The highest BCUT2D eigenvalue weighted by molar-refractivity contribution is 6.15. The van der Waals surface area contributed by atoms with Crippen molar-refractivity contribution in [3.63, 3.8) is 0 Å². The van der Waals surface area contributed by atoms with Crippen molar-refractivity contribution in [3.05, 3.63) is 130 Å². The Kier molecular flexibility index (Phi) is 11.1. The molecule has 4 amide bonds. The summed E-state index contributed by atoms with van der Waals surface area (Å²) in [6, 6.07) is 22.6. The van der Waals surface area contributed by atoms with Crippen LogP contribution in [0.1, 0.15) is 72.2 Å². The topological polar surface area (TPSA) is 290 Å². The highest BCUT2D eigenvalue weighted by Gasteiger charge is 2.19. The van der Waals surface area contributed by atoms with E-state index in [1.165, 1.54) is 80.6 Å². The maximum Gasteiger partial charge on any atom is 0.258 e. The number of carbonyl (C=O) groups excluding carboxylic acids is 4. The first-order valence-electron chi connectivity index (χ1n) is 16.9. The van der Waals surface area contributed by atoms with E-state index in [1.807, 2.05) is 0 Å². The molecule has 0 aliphatic rings. The van der Waals surface area contributed by atoms with Gasteiger partial charge in [-0.1, -0.05) is 10.3 Å². The quantitative estimate of drug-likeness (QED) is 0.0740. The third-order valence-corrected chi connectivity index (χ3v) is 8.00. The summed E-state index contributed by atoms with van der Waals surface area (Å²) in [6.07, 6.45) is 0. The molecule has 2 heterocycles. The lowest BCUT2D eigenvalue weighted by Crippen LogP contribution is -2.32. The number of nitrogens with one attached hydrogen (secondary N) is 8. The number of carbonyl (C=O) groups is 4. The molecular formula is C39H32N12O6. The Morgan fingerprint density at radius 2 is 0.842 bits per heavy atom. The molecule has 0 radical (unpaired) electrons. The van der Waals surface area contributed by atoms with Crippen LogP contribution in [0.4, 0.5) is 0 Å². The molecule has 0 spiro atoms. The van der Waals surface area contributed by atoms with Gasteiger partial charge in [0.2, 0.25) is 5.82 Å². The van der Waals surface area contributed by atoms with Gasteiger partial charge in [0.05, 0.1) is 11.7 Å². The first-order valence-corrected chi connectivity index (χ1v) is 16.9. The fourth-order valence-corrected chi connectivity index (χ4v) is 5.22. The summed E-state index contributed by atoms with van der Waals surface area (Å²) < 4.78 is 10.7. The molecule has 0 aliphatic heterocycles. The highest BCUT2D eigenvalue weighted by atomic mass is 16.5. The van der Waals surface area contributed by atoms with Crippen molar-refractivity contribution in [2.45, 2.75) is 20.8 Å². The van der Waals surface area contributed by atoms with Crippen molar-refractivity contribution in [1.29, 1.82) is 21.6 Å². The molecule has 2 aromatic heterocycles. The molecule has 6 rings (SSSR count). The molecule has 0 bridgehead atoms. The molecule has 0 saturated carbocycles. The first kappa shape index (κ1) is 38.4. The van der Waals surface area contributed by atoms with Crippen molar-refractivity contribution in [3.8, 4) is 34.3 Å². The molecular weight excluding hydrogens is 733 g/mol. The first-order chi connectivity index (χ1) is 27.2. The number of benzene rings is 4. The van der Waals surface area contributed by atoms with Crippen LogP contribution in [-0.4, -0.2) is 67.3 Å². The molecule has 8 N–H and O–H groups in total. The maximum atomic E-state index is 13.2. The molecule has 57 heavy (non-hydrogen) atoms. The number of nitrogens with zero attached hydrogens (tertiary/aromatic N) is 4. The number of aryl methyl sites for hydroxylation is 1. The number of aromatic nitrogens is 4. The van der Waals surface area contributed by atoms with Crippen molar-refractivity contribution >= 4 is 47.0 Å². The van der Waals surface area contributed by atoms with Crippen LogP contribution in [0.5, 0.6) is 0 Å². The standard InChI is InChI=1S/C39H32N12O6/c1-19(40)44-34(52)22-4-6-24(7-5-22)36(54)47-31(42)28-16-29(32(43)48-37(55)25-10-12-26(13-11-25)38-46-21(3)50-56-38)18-30(17-28)33-49-39(57-51-33)27-14-8-23(9-15-27)35(53)45-20(2)41/h4-18H,1-3H3,(H2,40,44,52)(H2,41,45,53)(H2,42,47,54)(H2,43,48,55). The minimum atomic E-state index is -0.667. The fraction of sp³-hybridized carbons (Fsp3) is 0.0769. The second-order valence-corrected chi connectivity index (χ2v) is 12.4. The van der Waals surface area contributed by atoms with Crippen LogP contribution in [-0.2, 0) is 0 Å². The summed E-state index contributed by atoms with van der Waals surface area (Å²) in [5.41, 5.74) is 2.49. The Labute approximate surface area is 323 Å². The van der Waals surface area contributed by atoms with E-state index >= 15 is 0 Å². The van der Waals surface area contributed by atoms with Crippen molar-refractivity contribution in [2.24, 2.45) is 0 Å². The second-order valence-electron chi connectivity index (χ2n) is 12.4. The average molecular weight is 765 g/mol. The smallest absolute Gasteiger partial charge is 0.258 e. The summed E-state index contributed by atoms with van der Waals surface area (Å²) in [5.74, 6) is -2.12. The lowest BCUT2D eigenvalue weighted by atomic mass is 10.0. The fourth-order valence-electron chi connectivity index (χ4n) is 5.22. The van der Waals surface area contributed by atoms with Gasteiger partial charge in [-0.2, -0.15) is 9.97 Å². The molecule has 0 atom stereocenters. The van der Waals surface area contributed by atoms with Crippen LogP contribution >= 0.6 is 0 Å². The summed E-state index contributed by atoms with van der Waals surface area (Å²) in [6.45, 7) is 4.55. The molecule has 4 aromatic carbocycles. The maximum absolute atomic E-state index is 13.2. The summed E-state index contributed by atoms with van der Waals surface area (Å²) in [7, 11) is 0. The van der Waals surface area contributed by atoms with Crippen LogP contribution in [0, 0.1) is 28.6 Å². The number of amides is 4. The van der Waals surface area contributed by atoms with Gasteiger partial charge < -0.3 is 30.3 Å². The Bertz CT molecular complexity index is 2590. The average Bonchev–Trinajstić information content (AvgIpc) is 3.87. The van der Waals surface area contributed by atoms with E-state index in [1.54, 1.807) is 31.2 Å². The van der Waals surface area contributed by atoms with Gasteiger partial charge in [0.1, 0.15) is 11.7 Å². The van der Waals surface area contributed by atoms with Gasteiger partial charge in [-0.05, 0) is 112 Å². The second kappa shape index (κ2) is 16.4. The number of hydrogen-bond donors (Lipinski definition) is 8. The lowest BCUT2D eigenvalue weighted by Gasteiger charge is -2.13. The van der Waals surface area contributed by atoms with Crippen LogP contribution in [0.2, 0.25) is 0 Å². The largest absolute Gasteiger partial charge is 0.334 e. The zero-order valence-electron chi connectivity index (χ0n) is 30.4. The van der Waals surface area contributed by atoms with Gasteiger partial charge in [0.25, 0.3) is 35.4 Å². The number of rotatable bonds is 9. The predicted molar refractivity (Wildman–Crippen MR) is 206 cm³/mol. The van der Waals surface area contributed by atoms with E-state index in [-0.39, 0.29) is 74.3 Å². The third-order valence-electron chi connectivity index (χ3n) is 8.00. The summed E-state index contributed by atoms with van der Waals surface area (Å²) in [5, 5.41) is 50.2. The van der Waals surface area contributed by atoms with Crippen molar-refractivity contribution in [2.75, 3.05) is 0 Å². The highest BCUT2D eigenvalue weighted by Crippen LogP contribution is 2.25. The number of hydrogen-bond acceptors (Lipinski definition) is 14. The van der Waals surface area contributed by atoms with Crippen LogP contribution in [0.3, 0.4) is 0 Å². The van der Waals surface area contributed by atoms with Crippen LogP contribution in [0.25, 0.3) is 34.3 Å². The zero-order chi connectivity index (χ0) is 40.8. The predicted octanol–water partition coefficient (Wildman–Crippen LogP) is 4.73. The van der Waals surface area contributed by atoms with E-state index in [0.29, 0.717) is 22.5 Å². The van der Waals surface area contributed by atoms with Gasteiger partial charge in [-0.15, -0.1) is 0 Å². The molecule has 0 aliphatic carbocycles. The molecule has 0 fully saturated rings. The minimum absolute atomic E-state index is 0.00611. The van der Waals surface area contributed by atoms with E-state index in [9.17, 15) is 19.2 Å². The Morgan fingerprint density at radius 3 is 1.23 bits per heavy atom. The molecule has 18 nitrogen and oxygen atoms in total. The molecule has 0 saturated heterocycles. The van der Waals surface area contributed by atoms with E-state index in [4.69, 9.17) is 30.7 Å². The van der Waals surface area contributed by atoms with Gasteiger partial charge >= 0.3 is 0 Å². The molecule has 18 heteroatoms. The van der Waals surface area contributed by atoms with Crippen LogP contribution in [0.15, 0.2) is 100 Å². The van der Waals surface area contributed by atoms with E-state index in [2.05, 4.69) is 41.5 Å². The van der Waals surface area contributed by atoms with Gasteiger partial charge in [0, 0.05) is 50.1 Å². The van der Waals surface area contributed by atoms with Crippen LogP contribution < -0.4 is 21.3 Å². The molecule has 284 valence electrons. The summed E-state index contributed by atoms with van der Waals surface area (Å²) >= 11 is 0. The normalized spacial score (nSPS) is 10.6. The lowest BCUT2D eigenvalue weighted by molar-refractivity contribution is 0.0964. The monoisotopic (exact) mass is 764 g/mol. The molecule has 6 aromatic rings. The van der Waals surface area contributed by atoms with Gasteiger partial charge in [-0.25, -0.2) is 0 Å². The minimum Gasteiger partial charge on any atom is -0.334 e. The Morgan fingerprint density at radius 1 is 0.474 bits per heavy atom. The SMILES string of the molecule is CC(=N)NC(=O)c1ccc(C(=O)NC(=N)c2cc(C(=N)NC(=O)c3ccc(-c4nc(C)no4)cc3)cc(-c3noc(-c4ccc(C(=O)NC(C)=N)cc4)n3)c2)cc1. The van der Waals surface area contributed by atoms with E-state index < -0.39 is 23.6 Å². The van der Waals surface area contributed by atoms with Gasteiger partial charge in [-0.3, -0.25) is 40.8 Å². The summed E-state index contributed by atoms with van der Waals surface area (Å²) in [4.78, 5) is 59.6. The zero-order valence-corrected chi connectivity index (χ0v) is 30.4. The van der Waals surface area contributed by atoms with Crippen molar-refractivity contribution < 1.29 is 28.2 Å². The van der Waals surface area contributed by atoms with E-state index in [0.717, 1.165) is 0 Å². The molecule has 0 unspecified atom stereocenters.